The van der Waals surface area contributed by atoms with Crippen LogP contribution in [0.25, 0.3) is 0 Å². The lowest BCUT2D eigenvalue weighted by Crippen LogP contribution is -2.05. The molecule has 0 radical (unpaired) electrons. The molecule has 76 valence electrons. The van der Waals surface area contributed by atoms with E-state index in [4.69, 9.17) is 11.6 Å². The number of hydrogen-bond donors (Lipinski definition) is 0. The molecule has 0 unspecified atom stereocenters. The van der Waals surface area contributed by atoms with E-state index in [0.717, 1.165) is 14.5 Å². The molecule has 0 aliphatic carbocycles. The van der Waals surface area contributed by atoms with Crippen molar-refractivity contribution < 1.29 is 9.53 Å². The summed E-state index contributed by atoms with van der Waals surface area (Å²) in [5, 5.41) is 0.539. The fourth-order valence-electron chi connectivity index (χ4n) is 0.957. The van der Waals surface area contributed by atoms with Crippen LogP contribution in [0.15, 0.2) is 21.1 Å². The van der Waals surface area contributed by atoms with E-state index in [9.17, 15) is 4.79 Å². The Morgan fingerprint density at radius 1 is 1.50 bits per heavy atom. The van der Waals surface area contributed by atoms with Crippen molar-refractivity contribution >= 4 is 49.4 Å². The van der Waals surface area contributed by atoms with Gasteiger partial charge in [-0.3, -0.25) is 4.79 Å². The van der Waals surface area contributed by atoms with Crippen LogP contribution in [-0.2, 0) is 16.0 Å². The second-order valence-electron chi connectivity index (χ2n) is 2.60. The molecule has 14 heavy (non-hydrogen) atoms. The summed E-state index contributed by atoms with van der Waals surface area (Å²) in [4.78, 5) is 11.1. The lowest BCUT2D eigenvalue weighted by atomic mass is 10.1. The molecule has 0 N–H and O–H groups in total. The van der Waals surface area contributed by atoms with Crippen molar-refractivity contribution in [2.24, 2.45) is 0 Å². The molecular weight excluding hydrogens is 335 g/mol. The van der Waals surface area contributed by atoms with E-state index < -0.39 is 0 Å². The van der Waals surface area contributed by atoms with Crippen LogP contribution in [0, 0.1) is 0 Å². The van der Waals surface area contributed by atoms with Gasteiger partial charge in [0.1, 0.15) is 0 Å². The Labute approximate surface area is 104 Å². The molecule has 2 nitrogen and oxygen atoms in total. The Balaban J connectivity index is 3.02. The minimum Gasteiger partial charge on any atom is -0.469 e. The smallest absolute Gasteiger partial charge is 0.310 e. The molecule has 0 saturated heterocycles. The average Bonchev–Trinajstić information content (AvgIpc) is 2.10. The van der Waals surface area contributed by atoms with Gasteiger partial charge >= 0.3 is 5.97 Å². The number of esters is 1. The van der Waals surface area contributed by atoms with E-state index in [1.54, 1.807) is 6.07 Å². The lowest BCUT2D eigenvalue weighted by Gasteiger charge is -2.06. The molecule has 0 spiro atoms. The fourth-order valence-corrected chi connectivity index (χ4v) is 2.86. The highest BCUT2D eigenvalue weighted by molar-refractivity contribution is 9.11. The zero-order valence-electron chi connectivity index (χ0n) is 7.31. The lowest BCUT2D eigenvalue weighted by molar-refractivity contribution is -0.139. The summed E-state index contributed by atoms with van der Waals surface area (Å²) in [5.74, 6) is -0.310. The Hall–Kier alpha value is -0.0600. The topological polar surface area (TPSA) is 26.3 Å². The van der Waals surface area contributed by atoms with Crippen LogP contribution in [0.3, 0.4) is 0 Å². The Morgan fingerprint density at radius 2 is 2.14 bits per heavy atom. The van der Waals surface area contributed by atoms with Gasteiger partial charge in [0.25, 0.3) is 0 Å². The standard InChI is InChI=1S/C9H7Br2ClO2/c1-14-9(13)4-6-7(11)2-5(10)3-8(6)12/h2-3H,4H2,1H3. The summed E-state index contributed by atoms with van der Waals surface area (Å²) in [6.07, 6.45) is 0.170. The van der Waals surface area contributed by atoms with Crippen LogP contribution >= 0.6 is 43.5 Å². The summed E-state index contributed by atoms with van der Waals surface area (Å²) < 4.78 is 6.22. The van der Waals surface area contributed by atoms with Crippen LogP contribution in [0.4, 0.5) is 0 Å². The molecule has 0 atom stereocenters. The van der Waals surface area contributed by atoms with Gasteiger partial charge in [0.05, 0.1) is 13.5 Å². The third-order valence-electron chi connectivity index (χ3n) is 1.65. The molecular formula is C9H7Br2ClO2. The van der Waals surface area contributed by atoms with Crippen molar-refractivity contribution in [1.29, 1.82) is 0 Å². The Bertz CT molecular complexity index is 343. The first-order chi connectivity index (χ1) is 6.54. The second-order valence-corrected chi connectivity index (χ2v) is 4.78. The quantitative estimate of drug-likeness (QED) is 0.768. The maximum absolute atomic E-state index is 11.1. The summed E-state index contributed by atoms with van der Waals surface area (Å²) >= 11 is 12.6. The van der Waals surface area contributed by atoms with Crippen LogP contribution < -0.4 is 0 Å². The largest absolute Gasteiger partial charge is 0.469 e. The van der Waals surface area contributed by atoms with Gasteiger partial charge in [-0.15, -0.1) is 0 Å². The number of benzene rings is 1. The first-order valence-corrected chi connectivity index (χ1v) is 5.71. The fraction of sp³-hybridized carbons (Fsp3) is 0.222. The van der Waals surface area contributed by atoms with Crippen molar-refractivity contribution in [1.82, 2.24) is 0 Å². The van der Waals surface area contributed by atoms with E-state index in [2.05, 4.69) is 36.6 Å². The van der Waals surface area contributed by atoms with E-state index >= 15 is 0 Å². The van der Waals surface area contributed by atoms with E-state index in [0.29, 0.717) is 5.02 Å². The summed E-state index contributed by atoms with van der Waals surface area (Å²) in [7, 11) is 1.35. The second kappa shape index (κ2) is 5.14. The van der Waals surface area contributed by atoms with Gasteiger partial charge in [0.15, 0.2) is 0 Å². The Morgan fingerprint density at radius 3 is 2.64 bits per heavy atom. The van der Waals surface area contributed by atoms with Gasteiger partial charge in [0.2, 0.25) is 0 Å². The molecule has 0 aliphatic rings. The maximum Gasteiger partial charge on any atom is 0.310 e. The van der Waals surface area contributed by atoms with Gasteiger partial charge in [-0.25, -0.2) is 0 Å². The van der Waals surface area contributed by atoms with Crippen molar-refractivity contribution in [3.05, 3.63) is 31.7 Å². The van der Waals surface area contributed by atoms with E-state index in [1.165, 1.54) is 7.11 Å². The molecule has 0 fully saturated rings. The number of hydrogen-bond acceptors (Lipinski definition) is 2. The normalized spacial score (nSPS) is 10.0. The number of carbonyl (C=O) groups excluding carboxylic acids is 1. The minimum absolute atomic E-state index is 0.170. The Kier molecular flexibility index (Phi) is 4.41. The highest BCUT2D eigenvalue weighted by atomic mass is 79.9. The highest BCUT2D eigenvalue weighted by Gasteiger charge is 2.11. The number of halogens is 3. The van der Waals surface area contributed by atoms with Crippen LogP contribution in [-0.4, -0.2) is 13.1 Å². The van der Waals surface area contributed by atoms with Gasteiger partial charge in [-0.1, -0.05) is 43.5 Å². The van der Waals surface area contributed by atoms with E-state index in [1.807, 2.05) is 6.07 Å². The molecule has 1 aromatic rings. The molecule has 1 rings (SSSR count). The SMILES string of the molecule is COC(=O)Cc1c(Cl)cc(Br)cc1Br. The molecule has 1 aromatic carbocycles. The van der Waals surface area contributed by atoms with Crippen molar-refractivity contribution in [2.45, 2.75) is 6.42 Å². The van der Waals surface area contributed by atoms with Gasteiger partial charge in [-0.05, 0) is 17.7 Å². The van der Waals surface area contributed by atoms with Gasteiger partial charge in [-0.2, -0.15) is 0 Å². The minimum atomic E-state index is -0.310. The van der Waals surface area contributed by atoms with Crippen molar-refractivity contribution in [2.75, 3.05) is 7.11 Å². The molecule has 5 heteroatoms. The number of ether oxygens (including phenoxy) is 1. The average molecular weight is 342 g/mol. The van der Waals surface area contributed by atoms with Gasteiger partial charge in [0, 0.05) is 14.0 Å². The van der Waals surface area contributed by atoms with Crippen LogP contribution in [0.1, 0.15) is 5.56 Å². The molecule has 0 heterocycles. The van der Waals surface area contributed by atoms with Crippen molar-refractivity contribution in [3.8, 4) is 0 Å². The van der Waals surface area contributed by atoms with Crippen LogP contribution in [0.2, 0.25) is 5.02 Å². The zero-order chi connectivity index (χ0) is 10.7. The summed E-state index contributed by atoms with van der Waals surface area (Å²) in [5.41, 5.74) is 0.738. The first-order valence-electron chi connectivity index (χ1n) is 3.75. The molecule has 0 aliphatic heterocycles. The molecule has 0 saturated carbocycles. The third-order valence-corrected chi connectivity index (χ3v) is 3.16. The highest BCUT2D eigenvalue weighted by Crippen LogP contribution is 2.29. The number of methoxy groups -OCH3 is 1. The predicted molar refractivity (Wildman–Crippen MR) is 62.6 cm³/mol. The van der Waals surface area contributed by atoms with Crippen molar-refractivity contribution in [3.63, 3.8) is 0 Å². The predicted octanol–water partition coefficient (Wildman–Crippen LogP) is 3.58. The van der Waals surface area contributed by atoms with Crippen LogP contribution in [0.5, 0.6) is 0 Å². The summed E-state index contributed by atoms with van der Waals surface area (Å²) in [6.45, 7) is 0. The van der Waals surface area contributed by atoms with Gasteiger partial charge < -0.3 is 4.74 Å². The number of rotatable bonds is 2. The zero-order valence-corrected chi connectivity index (χ0v) is 11.2. The molecule has 0 aromatic heterocycles. The molecule has 0 amide bonds. The number of carbonyl (C=O) groups is 1. The first kappa shape index (κ1) is 12.0. The maximum atomic E-state index is 11.1. The van der Waals surface area contributed by atoms with E-state index in [-0.39, 0.29) is 12.4 Å². The monoisotopic (exact) mass is 340 g/mol. The molecule has 0 bridgehead atoms. The summed E-state index contributed by atoms with van der Waals surface area (Å²) in [6, 6.07) is 3.58. The third kappa shape index (κ3) is 2.97.